The monoisotopic (exact) mass is 643 g/mol. The van der Waals surface area contributed by atoms with Gasteiger partial charge in [-0.3, -0.25) is 14.4 Å². The second kappa shape index (κ2) is 12.0. The van der Waals surface area contributed by atoms with Crippen LogP contribution in [0.15, 0.2) is 54.6 Å². The lowest BCUT2D eigenvalue weighted by molar-refractivity contribution is -0.135. The van der Waals surface area contributed by atoms with Gasteiger partial charge in [0.2, 0.25) is 11.8 Å². The molecule has 1 spiro atoms. The van der Waals surface area contributed by atoms with Crippen LogP contribution in [0.3, 0.4) is 0 Å². The summed E-state index contributed by atoms with van der Waals surface area (Å²) in [7, 11) is 0. The third-order valence-corrected chi connectivity index (χ3v) is 8.74. The first-order chi connectivity index (χ1) is 20.8. The Kier molecular flexibility index (Phi) is 8.65. The molecular weight excluding hydrogens is 612 g/mol. The van der Waals surface area contributed by atoms with Crippen LogP contribution in [-0.2, 0) is 19.8 Å². The quantitative estimate of drug-likeness (QED) is 0.248. The first-order valence-electron chi connectivity index (χ1n) is 14.0. The van der Waals surface area contributed by atoms with Gasteiger partial charge >= 0.3 is 0 Å². The van der Waals surface area contributed by atoms with Crippen molar-refractivity contribution in [1.82, 2.24) is 10.6 Å². The fraction of sp³-hybridized carbons (Fsp3) is 0.344. The molecular formula is C32H32Cl2FN3O6. The molecule has 2 heterocycles. The maximum absolute atomic E-state index is 14.7. The number of piperidine rings is 1. The SMILES string of the molecule is Cc1ccc(F)cc1[C@@H]1NC(=O)C[C@H](c2cc(Cl)ccc2OC(C)(C)C(=O)NC[C@H](O)CO)[C@@]12C(=O)Nc1cc(Cl)ccc12. The molecule has 0 radical (unpaired) electrons. The Morgan fingerprint density at radius 3 is 2.55 bits per heavy atom. The van der Waals surface area contributed by atoms with Crippen LogP contribution < -0.4 is 20.7 Å². The van der Waals surface area contributed by atoms with Crippen molar-refractivity contribution in [3.05, 3.63) is 92.7 Å². The van der Waals surface area contributed by atoms with Crippen LogP contribution in [0.25, 0.3) is 0 Å². The number of ether oxygens (including phenoxy) is 1. The molecule has 2 aliphatic heterocycles. The minimum absolute atomic E-state index is 0.160. The Bertz CT molecular complexity index is 1650. The lowest BCUT2D eigenvalue weighted by atomic mass is 9.59. The predicted octanol–water partition coefficient (Wildman–Crippen LogP) is 4.30. The molecule has 2 aliphatic rings. The largest absolute Gasteiger partial charge is 0.478 e. The number of hydrogen-bond acceptors (Lipinski definition) is 6. The Morgan fingerprint density at radius 2 is 1.82 bits per heavy atom. The lowest BCUT2D eigenvalue weighted by Gasteiger charge is -2.47. The number of aryl methyl sites for hydroxylation is 1. The van der Waals surface area contributed by atoms with Crippen molar-refractivity contribution in [2.24, 2.45) is 0 Å². The van der Waals surface area contributed by atoms with Gasteiger partial charge in [0.15, 0.2) is 5.60 Å². The van der Waals surface area contributed by atoms with Gasteiger partial charge in [0, 0.05) is 40.2 Å². The molecule has 1 saturated heterocycles. The molecule has 0 unspecified atom stereocenters. The number of aliphatic hydroxyl groups is 2. The van der Waals surface area contributed by atoms with Gasteiger partial charge in [-0.2, -0.15) is 0 Å². The van der Waals surface area contributed by atoms with Gasteiger partial charge in [-0.15, -0.1) is 0 Å². The molecule has 0 aliphatic carbocycles. The van der Waals surface area contributed by atoms with E-state index in [2.05, 4.69) is 16.0 Å². The second-order valence-electron chi connectivity index (χ2n) is 11.6. The number of nitrogens with one attached hydrogen (secondary N) is 3. The van der Waals surface area contributed by atoms with Gasteiger partial charge < -0.3 is 30.9 Å². The predicted molar refractivity (Wildman–Crippen MR) is 163 cm³/mol. The highest BCUT2D eigenvalue weighted by Crippen LogP contribution is 2.59. The maximum Gasteiger partial charge on any atom is 0.263 e. The standard InChI is InChI=1S/C32H32Cl2FN3O6/c1-16-4-7-19(35)12-21(16)28-32(23-8-5-18(34)11-25(23)37-30(32)43)24(13-27(41)38-28)22-10-17(33)6-9-26(22)44-31(2,3)29(42)36-14-20(40)15-39/h4-12,20,24,28,39-40H,13-15H2,1-3H3,(H,36,42)(H,37,43)(H,38,41)/t20-,24+,28-,32+/m0/s1. The average molecular weight is 645 g/mol. The molecule has 5 rings (SSSR count). The van der Waals surface area contributed by atoms with Crippen molar-refractivity contribution >= 4 is 46.6 Å². The molecule has 44 heavy (non-hydrogen) atoms. The molecule has 12 heteroatoms. The molecule has 3 amide bonds. The number of halogens is 3. The van der Waals surface area contributed by atoms with Crippen molar-refractivity contribution in [3.63, 3.8) is 0 Å². The summed E-state index contributed by atoms with van der Waals surface area (Å²) in [5.41, 5.74) is -0.525. The molecule has 232 valence electrons. The molecule has 0 saturated carbocycles. The number of rotatable bonds is 8. The normalized spacial score (nSPS) is 21.8. The number of aliphatic hydroxyl groups excluding tert-OH is 2. The molecule has 4 atom stereocenters. The number of carbonyl (C=O) groups is 3. The van der Waals surface area contributed by atoms with Crippen molar-refractivity contribution in [1.29, 1.82) is 0 Å². The van der Waals surface area contributed by atoms with Crippen LogP contribution in [-0.4, -0.2) is 52.8 Å². The molecule has 5 N–H and O–H groups in total. The summed E-state index contributed by atoms with van der Waals surface area (Å²) < 4.78 is 21.0. The molecule has 0 aromatic heterocycles. The Labute approximate surface area is 263 Å². The van der Waals surface area contributed by atoms with Gasteiger partial charge in [-0.25, -0.2) is 4.39 Å². The van der Waals surface area contributed by atoms with E-state index < -0.39 is 53.3 Å². The van der Waals surface area contributed by atoms with E-state index in [9.17, 15) is 23.9 Å². The van der Waals surface area contributed by atoms with E-state index in [1.54, 1.807) is 49.4 Å². The highest BCUT2D eigenvalue weighted by molar-refractivity contribution is 6.31. The molecule has 1 fully saturated rings. The van der Waals surface area contributed by atoms with Gasteiger partial charge in [-0.05, 0) is 79.9 Å². The third kappa shape index (κ3) is 5.63. The zero-order valence-electron chi connectivity index (χ0n) is 24.2. The van der Waals surface area contributed by atoms with Crippen LogP contribution in [0.1, 0.15) is 54.5 Å². The Hall–Kier alpha value is -3.70. The van der Waals surface area contributed by atoms with Crippen molar-refractivity contribution in [2.75, 3.05) is 18.5 Å². The van der Waals surface area contributed by atoms with E-state index in [1.165, 1.54) is 26.0 Å². The number of hydrogen-bond donors (Lipinski definition) is 5. The topological polar surface area (TPSA) is 137 Å². The van der Waals surface area contributed by atoms with Crippen molar-refractivity contribution < 1.29 is 33.7 Å². The van der Waals surface area contributed by atoms with E-state index in [0.717, 1.165) is 0 Å². The zero-order valence-corrected chi connectivity index (χ0v) is 25.7. The van der Waals surface area contributed by atoms with Crippen molar-refractivity contribution in [2.45, 2.75) is 56.3 Å². The second-order valence-corrected chi connectivity index (χ2v) is 12.5. The first kappa shape index (κ1) is 31.7. The van der Waals surface area contributed by atoms with Crippen LogP contribution in [0.4, 0.5) is 10.1 Å². The molecule has 0 bridgehead atoms. The minimum Gasteiger partial charge on any atom is -0.478 e. The first-order valence-corrected chi connectivity index (χ1v) is 14.8. The number of amides is 3. The van der Waals surface area contributed by atoms with Gasteiger partial charge in [-0.1, -0.05) is 35.3 Å². The highest BCUT2D eigenvalue weighted by atomic mass is 35.5. The Morgan fingerprint density at radius 1 is 1.11 bits per heavy atom. The molecule has 9 nitrogen and oxygen atoms in total. The summed E-state index contributed by atoms with van der Waals surface area (Å²) in [5.74, 6) is -2.62. The van der Waals surface area contributed by atoms with Gasteiger partial charge in [0.05, 0.1) is 18.8 Å². The number of carbonyl (C=O) groups excluding carboxylic acids is 3. The van der Waals surface area contributed by atoms with E-state index >= 15 is 0 Å². The number of benzene rings is 3. The molecule has 3 aromatic carbocycles. The number of fused-ring (bicyclic) bond motifs is 2. The van der Waals surface area contributed by atoms with E-state index in [4.69, 9.17) is 33.0 Å². The summed E-state index contributed by atoms with van der Waals surface area (Å²) in [6.07, 6.45) is -1.31. The smallest absolute Gasteiger partial charge is 0.263 e. The van der Waals surface area contributed by atoms with E-state index in [1.807, 2.05) is 0 Å². The minimum atomic E-state index is -1.51. The number of anilines is 1. The van der Waals surface area contributed by atoms with Crippen LogP contribution >= 0.6 is 23.2 Å². The maximum atomic E-state index is 14.7. The zero-order chi connectivity index (χ0) is 32.0. The fourth-order valence-corrected chi connectivity index (χ4v) is 6.49. The van der Waals surface area contributed by atoms with Crippen molar-refractivity contribution in [3.8, 4) is 5.75 Å². The van der Waals surface area contributed by atoms with E-state index in [0.29, 0.717) is 38.0 Å². The molecule has 3 aromatic rings. The van der Waals surface area contributed by atoms with Gasteiger partial charge in [0.1, 0.15) is 17.0 Å². The average Bonchev–Trinajstić information content (AvgIpc) is 3.25. The van der Waals surface area contributed by atoms with E-state index in [-0.39, 0.29) is 24.6 Å². The lowest BCUT2D eigenvalue weighted by Crippen LogP contribution is -2.57. The Balaban J connectivity index is 1.70. The summed E-state index contributed by atoms with van der Waals surface area (Å²) in [4.78, 5) is 40.9. The van der Waals surface area contributed by atoms with Crippen LogP contribution in [0, 0.1) is 12.7 Å². The summed E-state index contributed by atoms with van der Waals surface area (Å²) in [6.45, 7) is 4.09. The summed E-state index contributed by atoms with van der Waals surface area (Å²) >= 11 is 12.8. The fourth-order valence-electron chi connectivity index (χ4n) is 6.14. The van der Waals surface area contributed by atoms with Crippen LogP contribution in [0.5, 0.6) is 5.75 Å². The summed E-state index contributed by atoms with van der Waals surface area (Å²) in [5, 5.41) is 28.0. The third-order valence-electron chi connectivity index (χ3n) is 8.27. The highest BCUT2D eigenvalue weighted by Gasteiger charge is 2.62. The summed E-state index contributed by atoms with van der Waals surface area (Å²) in [6, 6.07) is 12.9. The van der Waals surface area contributed by atoms with Gasteiger partial charge in [0.25, 0.3) is 5.91 Å². The van der Waals surface area contributed by atoms with Crippen LogP contribution in [0.2, 0.25) is 10.0 Å².